The van der Waals surface area contributed by atoms with Crippen LogP contribution in [0.4, 0.5) is 5.69 Å². The number of halogens is 1. The van der Waals surface area contributed by atoms with Gasteiger partial charge in [0, 0.05) is 10.2 Å². The quantitative estimate of drug-likeness (QED) is 0.550. The molecule has 0 spiro atoms. The van der Waals surface area contributed by atoms with E-state index < -0.39 is 0 Å². The molecule has 0 aromatic heterocycles. The number of rotatable bonds is 4. The zero-order chi connectivity index (χ0) is 18.7. The summed E-state index contributed by atoms with van der Waals surface area (Å²) in [6, 6.07) is 15.1. The van der Waals surface area contributed by atoms with Gasteiger partial charge in [0.15, 0.2) is 0 Å². The summed E-state index contributed by atoms with van der Waals surface area (Å²) in [5, 5.41) is 2.80. The monoisotopic (exact) mass is 446 g/mol. The van der Waals surface area contributed by atoms with E-state index in [0.717, 1.165) is 15.6 Å². The highest BCUT2D eigenvalue weighted by Crippen LogP contribution is 2.32. The van der Waals surface area contributed by atoms with Crippen molar-refractivity contribution in [3.63, 3.8) is 0 Å². The molecule has 3 rings (SSSR count). The summed E-state index contributed by atoms with van der Waals surface area (Å²) < 4.78 is 1.31. The zero-order valence-corrected chi connectivity index (χ0v) is 17.1. The molecule has 0 unspecified atom stereocenters. The van der Waals surface area contributed by atoms with E-state index in [-0.39, 0.29) is 18.4 Å². The zero-order valence-electron chi connectivity index (χ0n) is 13.9. The average Bonchev–Trinajstić information content (AvgIpc) is 2.82. The maximum atomic E-state index is 12.6. The lowest BCUT2D eigenvalue weighted by Gasteiger charge is -2.14. The summed E-state index contributed by atoms with van der Waals surface area (Å²) in [6.07, 6.45) is 1.78. The number of hydrogen-bond acceptors (Lipinski definition) is 4. The van der Waals surface area contributed by atoms with E-state index in [0.29, 0.717) is 14.9 Å². The molecule has 2 amide bonds. The lowest BCUT2D eigenvalue weighted by molar-refractivity contribution is -0.126. The Morgan fingerprint density at radius 1 is 1.27 bits per heavy atom. The van der Waals surface area contributed by atoms with Gasteiger partial charge in [-0.3, -0.25) is 14.5 Å². The van der Waals surface area contributed by atoms with Gasteiger partial charge < -0.3 is 5.32 Å². The van der Waals surface area contributed by atoms with Crippen molar-refractivity contribution in [2.45, 2.75) is 6.92 Å². The molecule has 132 valence electrons. The summed E-state index contributed by atoms with van der Waals surface area (Å²) in [5.74, 6) is -0.532. The molecule has 1 fully saturated rings. The summed E-state index contributed by atoms with van der Waals surface area (Å²) in [6.45, 7) is 1.85. The molecule has 4 nitrogen and oxygen atoms in total. The van der Waals surface area contributed by atoms with Crippen molar-refractivity contribution in [1.82, 2.24) is 4.90 Å². The van der Waals surface area contributed by atoms with Crippen LogP contribution in [0.3, 0.4) is 0 Å². The summed E-state index contributed by atoms with van der Waals surface area (Å²) >= 11 is 9.89. The van der Waals surface area contributed by atoms with Crippen LogP contribution >= 0.6 is 39.9 Å². The average molecular weight is 447 g/mol. The predicted molar refractivity (Wildman–Crippen MR) is 114 cm³/mol. The van der Waals surface area contributed by atoms with Crippen molar-refractivity contribution < 1.29 is 9.59 Å². The number of anilines is 1. The first-order chi connectivity index (χ1) is 12.4. The molecule has 0 bridgehead atoms. The molecule has 0 saturated carbocycles. The minimum absolute atomic E-state index is 0.103. The molecule has 0 aliphatic carbocycles. The van der Waals surface area contributed by atoms with Gasteiger partial charge in [-0.2, -0.15) is 0 Å². The summed E-state index contributed by atoms with van der Waals surface area (Å²) in [4.78, 5) is 26.7. The molecular weight excluding hydrogens is 432 g/mol. The third-order valence-corrected chi connectivity index (χ3v) is 5.49. The molecule has 7 heteroatoms. The Balaban J connectivity index is 1.70. The first-order valence-corrected chi connectivity index (χ1v) is 9.81. The fraction of sp³-hybridized carbons (Fsp3) is 0.105. The Hall–Kier alpha value is -1.96. The van der Waals surface area contributed by atoms with E-state index in [9.17, 15) is 9.59 Å². The van der Waals surface area contributed by atoms with Crippen molar-refractivity contribution in [3.05, 3.63) is 69.0 Å². The third kappa shape index (κ3) is 4.60. The maximum Gasteiger partial charge on any atom is 0.266 e. The third-order valence-electron chi connectivity index (χ3n) is 3.62. The number of nitrogens with zero attached hydrogens (tertiary/aromatic N) is 1. The van der Waals surface area contributed by atoms with Crippen molar-refractivity contribution in [2.75, 3.05) is 11.9 Å². The molecule has 26 heavy (non-hydrogen) atoms. The van der Waals surface area contributed by atoms with Crippen molar-refractivity contribution in [3.8, 4) is 0 Å². The second-order valence-corrected chi connectivity index (χ2v) is 8.33. The first-order valence-electron chi connectivity index (χ1n) is 7.80. The minimum atomic E-state index is -0.282. The smallest absolute Gasteiger partial charge is 0.266 e. The van der Waals surface area contributed by atoms with Crippen LogP contribution in [0.25, 0.3) is 6.08 Å². The van der Waals surface area contributed by atoms with Gasteiger partial charge in [-0.05, 0) is 48.4 Å². The van der Waals surface area contributed by atoms with E-state index in [1.165, 1.54) is 16.7 Å². The number of thioether (sulfide) groups is 1. The van der Waals surface area contributed by atoms with Crippen molar-refractivity contribution in [2.24, 2.45) is 0 Å². The highest BCUT2D eigenvalue weighted by atomic mass is 79.9. The van der Waals surface area contributed by atoms with Gasteiger partial charge in [0.2, 0.25) is 5.91 Å². The highest BCUT2D eigenvalue weighted by molar-refractivity contribution is 9.10. The number of hydrogen-bond donors (Lipinski definition) is 1. The standard InChI is InChI=1S/C19H15BrN2O2S2/c1-12-4-2-7-15(8-12)21-17(23)11-22-18(24)16(26-19(22)25)10-13-5-3-6-14(20)9-13/h2-10H,11H2,1H3,(H,21,23)/b16-10-. The van der Waals surface area contributed by atoms with Crippen LogP contribution in [0.15, 0.2) is 57.9 Å². The number of nitrogens with one attached hydrogen (secondary N) is 1. The Bertz CT molecular complexity index is 927. The molecule has 1 N–H and O–H groups in total. The fourth-order valence-corrected chi connectivity index (χ4v) is 4.12. The van der Waals surface area contributed by atoms with Gasteiger partial charge in [0.25, 0.3) is 5.91 Å². The minimum Gasteiger partial charge on any atom is -0.325 e. The van der Waals surface area contributed by atoms with Crippen LogP contribution in [-0.4, -0.2) is 27.6 Å². The first kappa shape index (κ1) is 18.8. The molecule has 1 aliphatic heterocycles. The molecule has 1 aliphatic rings. The highest BCUT2D eigenvalue weighted by Gasteiger charge is 2.33. The number of thiocarbonyl (C=S) groups is 1. The van der Waals surface area contributed by atoms with Crippen LogP contribution in [0.5, 0.6) is 0 Å². The Morgan fingerprint density at radius 3 is 2.77 bits per heavy atom. The fourth-order valence-electron chi connectivity index (χ4n) is 2.45. The normalized spacial score (nSPS) is 15.6. The van der Waals surface area contributed by atoms with Gasteiger partial charge in [-0.25, -0.2) is 0 Å². The van der Waals surface area contributed by atoms with Crippen molar-refractivity contribution in [1.29, 1.82) is 0 Å². The second kappa shape index (κ2) is 8.16. The van der Waals surface area contributed by atoms with Crippen LogP contribution in [0, 0.1) is 6.92 Å². The molecule has 1 saturated heterocycles. The Kier molecular flexibility index (Phi) is 5.90. The SMILES string of the molecule is Cc1cccc(NC(=O)CN2C(=O)/C(=C/c3cccc(Br)c3)SC2=S)c1. The Labute approximate surface area is 169 Å². The molecule has 0 radical (unpaired) electrons. The lowest BCUT2D eigenvalue weighted by Crippen LogP contribution is -2.36. The van der Waals surface area contributed by atoms with Crippen LogP contribution in [0.1, 0.15) is 11.1 Å². The number of amides is 2. The number of benzene rings is 2. The van der Waals surface area contributed by atoms with Crippen LogP contribution < -0.4 is 5.32 Å². The van der Waals surface area contributed by atoms with E-state index >= 15 is 0 Å². The van der Waals surface area contributed by atoms with Gasteiger partial charge >= 0.3 is 0 Å². The van der Waals surface area contributed by atoms with Gasteiger partial charge in [0.1, 0.15) is 10.9 Å². The predicted octanol–water partition coefficient (Wildman–Crippen LogP) is 4.60. The molecule has 0 atom stereocenters. The molecule has 1 heterocycles. The molecule has 2 aromatic carbocycles. The number of carbonyl (C=O) groups excluding carboxylic acids is 2. The number of aryl methyl sites for hydroxylation is 1. The van der Waals surface area contributed by atoms with Gasteiger partial charge in [-0.1, -0.05) is 64.2 Å². The maximum absolute atomic E-state index is 12.6. The van der Waals surface area contributed by atoms with E-state index in [1.807, 2.05) is 55.5 Å². The lowest BCUT2D eigenvalue weighted by atomic mass is 10.2. The van der Waals surface area contributed by atoms with E-state index in [1.54, 1.807) is 6.08 Å². The van der Waals surface area contributed by atoms with E-state index in [2.05, 4.69) is 21.2 Å². The van der Waals surface area contributed by atoms with Gasteiger partial charge in [0.05, 0.1) is 4.91 Å². The molecule has 2 aromatic rings. The summed E-state index contributed by atoms with van der Waals surface area (Å²) in [7, 11) is 0. The summed E-state index contributed by atoms with van der Waals surface area (Å²) in [5.41, 5.74) is 2.64. The topological polar surface area (TPSA) is 49.4 Å². The Morgan fingerprint density at radius 2 is 2.04 bits per heavy atom. The van der Waals surface area contributed by atoms with Gasteiger partial charge in [-0.15, -0.1) is 0 Å². The van der Waals surface area contributed by atoms with Crippen LogP contribution in [-0.2, 0) is 9.59 Å². The second-order valence-electron chi connectivity index (χ2n) is 5.74. The largest absolute Gasteiger partial charge is 0.325 e. The number of carbonyl (C=O) groups is 2. The van der Waals surface area contributed by atoms with E-state index in [4.69, 9.17) is 12.2 Å². The molecular formula is C19H15BrN2O2S2. The van der Waals surface area contributed by atoms with Crippen LogP contribution in [0.2, 0.25) is 0 Å². The van der Waals surface area contributed by atoms with Crippen molar-refractivity contribution >= 4 is 67.8 Å².